The molecule has 1 aromatic heterocycles. The van der Waals surface area contributed by atoms with Crippen LogP contribution in [-0.4, -0.2) is 17.0 Å². The molecule has 1 heterocycles. The van der Waals surface area contributed by atoms with Gasteiger partial charge in [-0.05, 0) is 12.1 Å². The van der Waals surface area contributed by atoms with Crippen LogP contribution in [0.25, 0.3) is 0 Å². The van der Waals surface area contributed by atoms with Gasteiger partial charge in [0.05, 0.1) is 12.4 Å². The molecule has 0 aliphatic rings. The van der Waals surface area contributed by atoms with Gasteiger partial charge in [0, 0.05) is 12.2 Å². The molecule has 10 heavy (non-hydrogen) atoms. The molecule has 0 aromatic carbocycles. The Hall–Kier alpha value is -0.410. The van der Waals surface area contributed by atoms with Crippen molar-refractivity contribution >= 4 is 12.6 Å². The lowest BCUT2D eigenvalue weighted by Crippen LogP contribution is -2.11. The first-order valence-electron chi connectivity index (χ1n) is 3.14. The first-order valence-corrected chi connectivity index (χ1v) is 3.77. The van der Waals surface area contributed by atoms with Crippen molar-refractivity contribution in [3.63, 3.8) is 0 Å². The lowest BCUT2D eigenvalue weighted by atomic mass is 10.2. The van der Waals surface area contributed by atoms with Crippen LogP contribution in [0.1, 0.15) is 5.76 Å². The monoisotopic (exact) mass is 158 g/mol. The van der Waals surface area contributed by atoms with Gasteiger partial charge in [0.25, 0.3) is 0 Å². The summed E-state index contributed by atoms with van der Waals surface area (Å²) in [6.45, 7) is 0. The van der Waals surface area contributed by atoms with Gasteiger partial charge in [-0.2, -0.15) is 12.6 Å². The summed E-state index contributed by atoms with van der Waals surface area (Å²) in [5.41, 5.74) is 0. The van der Waals surface area contributed by atoms with E-state index < -0.39 is 6.10 Å². The molecule has 2 nitrogen and oxygen atoms in total. The largest absolute Gasteiger partial charge is 0.469 e. The second-order valence-corrected chi connectivity index (χ2v) is 2.49. The Balaban J connectivity index is 2.40. The van der Waals surface area contributed by atoms with Gasteiger partial charge < -0.3 is 9.52 Å². The first-order chi connectivity index (χ1) is 4.83. The topological polar surface area (TPSA) is 33.4 Å². The Labute approximate surface area is 65.3 Å². The average Bonchev–Trinajstić information content (AvgIpc) is 2.40. The molecule has 3 heteroatoms. The zero-order valence-corrected chi connectivity index (χ0v) is 6.42. The Morgan fingerprint density at radius 2 is 2.50 bits per heavy atom. The van der Waals surface area contributed by atoms with Crippen molar-refractivity contribution < 1.29 is 9.52 Å². The van der Waals surface area contributed by atoms with Gasteiger partial charge in [-0.3, -0.25) is 0 Å². The van der Waals surface area contributed by atoms with Gasteiger partial charge in [-0.15, -0.1) is 0 Å². The van der Waals surface area contributed by atoms with Gasteiger partial charge in [0.2, 0.25) is 0 Å². The maximum absolute atomic E-state index is 9.09. The zero-order chi connectivity index (χ0) is 7.40. The highest BCUT2D eigenvalue weighted by Gasteiger charge is 2.03. The minimum atomic E-state index is -0.394. The number of aliphatic hydroxyl groups excluding tert-OH is 1. The second kappa shape index (κ2) is 3.68. The van der Waals surface area contributed by atoms with Gasteiger partial charge in [-0.1, -0.05) is 0 Å². The molecule has 56 valence electrons. The molecular weight excluding hydrogens is 148 g/mol. The summed E-state index contributed by atoms with van der Waals surface area (Å²) in [4.78, 5) is 0. The van der Waals surface area contributed by atoms with Gasteiger partial charge in [-0.25, -0.2) is 0 Å². The lowest BCUT2D eigenvalue weighted by Gasteiger charge is -2.02. The Morgan fingerprint density at radius 3 is 3.00 bits per heavy atom. The van der Waals surface area contributed by atoms with E-state index in [0.29, 0.717) is 12.2 Å². The van der Waals surface area contributed by atoms with Crippen LogP contribution in [0.2, 0.25) is 0 Å². The van der Waals surface area contributed by atoms with Crippen LogP contribution in [0.15, 0.2) is 22.8 Å². The molecule has 0 amide bonds. The fourth-order valence-corrected chi connectivity index (χ4v) is 0.855. The summed E-state index contributed by atoms with van der Waals surface area (Å²) < 4.78 is 5.01. The third-order valence-corrected chi connectivity index (χ3v) is 1.65. The van der Waals surface area contributed by atoms with E-state index in [-0.39, 0.29) is 0 Å². The van der Waals surface area contributed by atoms with Crippen molar-refractivity contribution in [2.24, 2.45) is 0 Å². The summed E-state index contributed by atoms with van der Waals surface area (Å²) in [6.07, 6.45) is 1.76. The molecular formula is C7H10O2S. The van der Waals surface area contributed by atoms with Crippen LogP contribution in [0.3, 0.4) is 0 Å². The normalized spacial score (nSPS) is 13.4. The molecule has 0 saturated heterocycles. The molecule has 1 rings (SSSR count). The van der Waals surface area contributed by atoms with E-state index in [1.807, 2.05) is 6.07 Å². The second-order valence-electron chi connectivity index (χ2n) is 2.12. The maximum atomic E-state index is 9.09. The van der Waals surface area contributed by atoms with Crippen molar-refractivity contribution in [2.45, 2.75) is 12.5 Å². The van der Waals surface area contributed by atoms with Crippen molar-refractivity contribution in [3.8, 4) is 0 Å². The van der Waals surface area contributed by atoms with Gasteiger partial charge in [0.1, 0.15) is 5.76 Å². The highest BCUT2D eigenvalue weighted by Crippen LogP contribution is 2.04. The molecule has 0 bridgehead atoms. The predicted octanol–water partition coefficient (Wildman–Crippen LogP) is 1.11. The molecule has 1 unspecified atom stereocenters. The van der Waals surface area contributed by atoms with E-state index in [1.54, 1.807) is 12.3 Å². The van der Waals surface area contributed by atoms with E-state index in [9.17, 15) is 0 Å². The number of thiol groups is 1. The lowest BCUT2D eigenvalue weighted by molar-refractivity contribution is 0.192. The van der Waals surface area contributed by atoms with E-state index in [0.717, 1.165) is 5.76 Å². The molecule has 1 N–H and O–H groups in total. The fraction of sp³-hybridized carbons (Fsp3) is 0.429. The standard InChI is InChI=1S/C7H10O2S/c8-6(5-10)4-7-2-1-3-9-7/h1-3,6,8,10H,4-5H2. The molecule has 0 saturated carbocycles. The third-order valence-electron chi connectivity index (χ3n) is 1.23. The molecule has 0 spiro atoms. The number of hydrogen-bond acceptors (Lipinski definition) is 3. The van der Waals surface area contributed by atoms with E-state index >= 15 is 0 Å². The molecule has 0 fully saturated rings. The van der Waals surface area contributed by atoms with E-state index in [1.165, 1.54) is 0 Å². The quantitative estimate of drug-likeness (QED) is 0.646. The molecule has 1 atom stereocenters. The average molecular weight is 158 g/mol. The molecule has 0 aliphatic heterocycles. The highest BCUT2D eigenvalue weighted by atomic mass is 32.1. The minimum absolute atomic E-state index is 0.394. The summed E-state index contributed by atoms with van der Waals surface area (Å²) in [7, 11) is 0. The Kier molecular flexibility index (Phi) is 2.83. The van der Waals surface area contributed by atoms with Gasteiger partial charge >= 0.3 is 0 Å². The third kappa shape index (κ3) is 2.08. The van der Waals surface area contributed by atoms with Crippen molar-refractivity contribution in [1.82, 2.24) is 0 Å². The van der Waals surface area contributed by atoms with Crippen LogP contribution in [0.4, 0.5) is 0 Å². The smallest absolute Gasteiger partial charge is 0.106 e. The van der Waals surface area contributed by atoms with Crippen LogP contribution < -0.4 is 0 Å². The van der Waals surface area contributed by atoms with Crippen LogP contribution >= 0.6 is 12.6 Å². The van der Waals surface area contributed by atoms with Crippen LogP contribution in [0, 0.1) is 0 Å². The molecule has 1 aromatic rings. The summed E-state index contributed by atoms with van der Waals surface area (Å²) >= 11 is 3.94. The number of aliphatic hydroxyl groups is 1. The molecule has 0 radical (unpaired) electrons. The Morgan fingerprint density at radius 1 is 1.70 bits per heavy atom. The van der Waals surface area contributed by atoms with Crippen molar-refractivity contribution in [2.75, 3.05) is 5.75 Å². The fourth-order valence-electron chi connectivity index (χ4n) is 0.726. The molecule has 0 aliphatic carbocycles. The highest BCUT2D eigenvalue weighted by molar-refractivity contribution is 7.80. The predicted molar refractivity (Wildman–Crippen MR) is 42.3 cm³/mol. The summed E-state index contributed by atoms with van der Waals surface area (Å²) in [5, 5.41) is 9.09. The van der Waals surface area contributed by atoms with Crippen LogP contribution in [-0.2, 0) is 6.42 Å². The van der Waals surface area contributed by atoms with E-state index in [4.69, 9.17) is 9.52 Å². The maximum Gasteiger partial charge on any atom is 0.106 e. The number of rotatable bonds is 3. The number of hydrogen-bond donors (Lipinski definition) is 2. The number of furan rings is 1. The van der Waals surface area contributed by atoms with Gasteiger partial charge in [0.15, 0.2) is 0 Å². The van der Waals surface area contributed by atoms with Crippen molar-refractivity contribution in [3.05, 3.63) is 24.2 Å². The SMILES string of the molecule is OC(CS)Cc1ccco1. The minimum Gasteiger partial charge on any atom is -0.469 e. The van der Waals surface area contributed by atoms with Crippen molar-refractivity contribution in [1.29, 1.82) is 0 Å². The Bertz CT molecular complexity index is 172. The zero-order valence-electron chi connectivity index (χ0n) is 5.53. The summed E-state index contributed by atoms with van der Waals surface area (Å²) in [5.74, 6) is 1.28. The van der Waals surface area contributed by atoms with E-state index in [2.05, 4.69) is 12.6 Å². The first kappa shape index (κ1) is 7.69. The summed E-state index contributed by atoms with van der Waals surface area (Å²) in [6, 6.07) is 3.65. The van der Waals surface area contributed by atoms with Crippen LogP contribution in [0.5, 0.6) is 0 Å².